The second-order valence-electron chi connectivity index (χ2n) is 3.99. The highest BCUT2D eigenvalue weighted by atomic mass is 16.3. The van der Waals surface area contributed by atoms with E-state index >= 15 is 0 Å². The van der Waals surface area contributed by atoms with Crippen LogP contribution in [0.2, 0.25) is 0 Å². The standard InChI is InChI=1S/C13H23N3O/c1-4-12(14-3)13-7-6-11(10-15-13)16(5-2)8-9-17/h6-7,10,12,14,17H,4-5,8-9H2,1-3H3. The fourth-order valence-electron chi connectivity index (χ4n) is 1.94. The van der Waals surface area contributed by atoms with Gasteiger partial charge in [0, 0.05) is 19.1 Å². The van der Waals surface area contributed by atoms with Gasteiger partial charge in [0.25, 0.3) is 0 Å². The Morgan fingerprint density at radius 3 is 2.59 bits per heavy atom. The molecule has 0 aliphatic rings. The Morgan fingerprint density at radius 1 is 1.41 bits per heavy atom. The smallest absolute Gasteiger partial charge is 0.0606 e. The Hall–Kier alpha value is -1.13. The number of anilines is 1. The zero-order chi connectivity index (χ0) is 12.7. The third-order valence-electron chi connectivity index (χ3n) is 3.00. The van der Waals surface area contributed by atoms with Crippen LogP contribution in [-0.2, 0) is 0 Å². The number of rotatable bonds is 7. The fraction of sp³-hybridized carbons (Fsp3) is 0.615. The molecule has 0 spiro atoms. The summed E-state index contributed by atoms with van der Waals surface area (Å²) >= 11 is 0. The molecule has 0 saturated carbocycles. The zero-order valence-electron chi connectivity index (χ0n) is 11.0. The molecular formula is C13H23N3O. The largest absolute Gasteiger partial charge is 0.395 e. The predicted molar refractivity (Wildman–Crippen MR) is 71.3 cm³/mol. The van der Waals surface area contributed by atoms with Crippen LogP contribution < -0.4 is 10.2 Å². The van der Waals surface area contributed by atoms with Gasteiger partial charge in [-0.2, -0.15) is 0 Å². The topological polar surface area (TPSA) is 48.4 Å². The molecule has 0 bridgehead atoms. The monoisotopic (exact) mass is 237 g/mol. The van der Waals surface area contributed by atoms with Gasteiger partial charge in [-0.05, 0) is 32.5 Å². The van der Waals surface area contributed by atoms with E-state index in [0.29, 0.717) is 12.6 Å². The van der Waals surface area contributed by atoms with Gasteiger partial charge in [0.15, 0.2) is 0 Å². The third kappa shape index (κ3) is 3.68. The molecular weight excluding hydrogens is 214 g/mol. The van der Waals surface area contributed by atoms with E-state index in [4.69, 9.17) is 5.11 Å². The minimum absolute atomic E-state index is 0.170. The van der Waals surface area contributed by atoms with Crippen LogP contribution in [0.1, 0.15) is 32.0 Å². The molecule has 4 heteroatoms. The summed E-state index contributed by atoms with van der Waals surface area (Å²) in [7, 11) is 1.95. The molecule has 1 aromatic rings. The van der Waals surface area contributed by atoms with Crippen molar-refractivity contribution in [1.82, 2.24) is 10.3 Å². The summed E-state index contributed by atoms with van der Waals surface area (Å²) in [6, 6.07) is 4.44. The Bertz CT molecular complexity index is 309. The van der Waals surface area contributed by atoms with Gasteiger partial charge in [-0.1, -0.05) is 6.92 Å². The van der Waals surface area contributed by atoms with Crippen LogP contribution in [-0.4, -0.2) is 36.8 Å². The second-order valence-corrected chi connectivity index (χ2v) is 3.99. The van der Waals surface area contributed by atoms with Crippen molar-refractivity contribution in [1.29, 1.82) is 0 Å². The zero-order valence-corrected chi connectivity index (χ0v) is 11.0. The number of pyridine rings is 1. The van der Waals surface area contributed by atoms with Gasteiger partial charge < -0.3 is 15.3 Å². The summed E-state index contributed by atoms with van der Waals surface area (Å²) in [5.41, 5.74) is 2.13. The molecule has 4 nitrogen and oxygen atoms in total. The maximum atomic E-state index is 8.98. The number of aromatic nitrogens is 1. The molecule has 0 radical (unpaired) electrons. The summed E-state index contributed by atoms with van der Waals surface area (Å²) < 4.78 is 0. The van der Waals surface area contributed by atoms with Crippen molar-refractivity contribution in [2.24, 2.45) is 0 Å². The van der Waals surface area contributed by atoms with E-state index in [9.17, 15) is 0 Å². The van der Waals surface area contributed by atoms with Gasteiger partial charge in [-0.25, -0.2) is 0 Å². The fourth-order valence-corrected chi connectivity index (χ4v) is 1.94. The number of likely N-dealkylation sites (N-methyl/N-ethyl adjacent to an activating group) is 1. The Morgan fingerprint density at radius 2 is 2.18 bits per heavy atom. The van der Waals surface area contributed by atoms with Crippen LogP contribution in [0.15, 0.2) is 18.3 Å². The summed E-state index contributed by atoms with van der Waals surface area (Å²) in [6.07, 6.45) is 2.91. The molecule has 1 rings (SSSR count). The van der Waals surface area contributed by atoms with E-state index in [-0.39, 0.29) is 6.61 Å². The van der Waals surface area contributed by atoms with Gasteiger partial charge in [0.1, 0.15) is 0 Å². The first kappa shape index (κ1) is 13.9. The molecule has 0 aliphatic heterocycles. The number of hydrogen-bond acceptors (Lipinski definition) is 4. The predicted octanol–water partition coefficient (Wildman–Crippen LogP) is 1.57. The lowest BCUT2D eigenvalue weighted by Gasteiger charge is -2.22. The normalized spacial score (nSPS) is 12.5. The summed E-state index contributed by atoms with van der Waals surface area (Å²) in [5.74, 6) is 0. The lowest BCUT2D eigenvalue weighted by molar-refractivity contribution is 0.302. The summed E-state index contributed by atoms with van der Waals surface area (Å²) in [5, 5.41) is 12.2. The summed E-state index contributed by atoms with van der Waals surface area (Å²) in [4.78, 5) is 6.59. The van der Waals surface area contributed by atoms with Crippen LogP contribution in [0, 0.1) is 0 Å². The van der Waals surface area contributed by atoms with Crippen molar-refractivity contribution < 1.29 is 5.11 Å². The Kier molecular flexibility index (Phi) is 5.94. The summed E-state index contributed by atoms with van der Waals surface area (Å²) in [6.45, 7) is 5.92. The lowest BCUT2D eigenvalue weighted by Crippen LogP contribution is -2.26. The van der Waals surface area contributed by atoms with Crippen molar-refractivity contribution in [3.63, 3.8) is 0 Å². The molecule has 96 valence electrons. The van der Waals surface area contributed by atoms with Gasteiger partial charge >= 0.3 is 0 Å². The van der Waals surface area contributed by atoms with E-state index in [1.165, 1.54) is 0 Å². The van der Waals surface area contributed by atoms with Crippen LogP contribution >= 0.6 is 0 Å². The molecule has 0 amide bonds. The number of nitrogens with zero attached hydrogens (tertiary/aromatic N) is 2. The first-order valence-electron chi connectivity index (χ1n) is 6.25. The van der Waals surface area contributed by atoms with Crippen molar-refractivity contribution >= 4 is 5.69 Å². The molecule has 1 aromatic heterocycles. The SMILES string of the molecule is CCC(NC)c1ccc(N(CC)CCO)cn1. The molecule has 0 fully saturated rings. The molecule has 1 atom stereocenters. The van der Waals surface area contributed by atoms with Crippen molar-refractivity contribution in [3.8, 4) is 0 Å². The first-order chi connectivity index (χ1) is 8.26. The van der Waals surface area contributed by atoms with Gasteiger partial charge in [-0.3, -0.25) is 4.98 Å². The van der Waals surface area contributed by atoms with E-state index < -0.39 is 0 Å². The lowest BCUT2D eigenvalue weighted by atomic mass is 10.1. The van der Waals surface area contributed by atoms with Crippen molar-refractivity contribution in [3.05, 3.63) is 24.0 Å². The number of aliphatic hydroxyl groups is 1. The molecule has 2 N–H and O–H groups in total. The first-order valence-corrected chi connectivity index (χ1v) is 6.25. The average molecular weight is 237 g/mol. The minimum atomic E-state index is 0.170. The molecule has 1 heterocycles. The average Bonchev–Trinajstić information content (AvgIpc) is 2.38. The highest BCUT2D eigenvalue weighted by Gasteiger charge is 2.09. The van der Waals surface area contributed by atoms with Crippen LogP contribution in [0.5, 0.6) is 0 Å². The third-order valence-corrected chi connectivity index (χ3v) is 3.00. The molecule has 1 unspecified atom stereocenters. The van der Waals surface area contributed by atoms with E-state index in [1.54, 1.807) is 0 Å². The molecule has 0 saturated heterocycles. The number of nitrogens with one attached hydrogen (secondary N) is 1. The van der Waals surface area contributed by atoms with E-state index in [0.717, 1.165) is 24.3 Å². The number of hydrogen-bond donors (Lipinski definition) is 2. The molecule has 17 heavy (non-hydrogen) atoms. The van der Waals surface area contributed by atoms with E-state index in [2.05, 4.69) is 41.2 Å². The maximum absolute atomic E-state index is 8.98. The van der Waals surface area contributed by atoms with Crippen molar-refractivity contribution in [2.45, 2.75) is 26.3 Å². The van der Waals surface area contributed by atoms with Gasteiger partial charge in [0.2, 0.25) is 0 Å². The van der Waals surface area contributed by atoms with Crippen molar-refractivity contribution in [2.75, 3.05) is 31.6 Å². The van der Waals surface area contributed by atoms with E-state index in [1.807, 2.05) is 13.2 Å². The van der Waals surface area contributed by atoms with Crippen LogP contribution in [0.3, 0.4) is 0 Å². The second kappa shape index (κ2) is 7.25. The Labute approximate surface area is 104 Å². The molecule has 0 aliphatic carbocycles. The van der Waals surface area contributed by atoms with Gasteiger partial charge in [0.05, 0.1) is 24.2 Å². The molecule has 0 aromatic carbocycles. The highest BCUT2D eigenvalue weighted by Crippen LogP contribution is 2.17. The highest BCUT2D eigenvalue weighted by molar-refractivity contribution is 5.44. The number of aliphatic hydroxyl groups excluding tert-OH is 1. The Balaban J connectivity index is 2.78. The quantitative estimate of drug-likeness (QED) is 0.756. The van der Waals surface area contributed by atoms with Crippen LogP contribution in [0.25, 0.3) is 0 Å². The maximum Gasteiger partial charge on any atom is 0.0606 e. The van der Waals surface area contributed by atoms with Gasteiger partial charge in [-0.15, -0.1) is 0 Å². The minimum Gasteiger partial charge on any atom is -0.395 e. The van der Waals surface area contributed by atoms with Crippen LogP contribution in [0.4, 0.5) is 5.69 Å².